The fourth-order valence-corrected chi connectivity index (χ4v) is 3.01. The average Bonchev–Trinajstić information content (AvgIpc) is 2.41. The van der Waals surface area contributed by atoms with Gasteiger partial charge in [-0.1, -0.05) is 45.9 Å². The summed E-state index contributed by atoms with van der Waals surface area (Å²) in [6, 6.07) is 7.13. The Kier molecular flexibility index (Phi) is 5.22. The number of hydrogen-bond acceptors (Lipinski definition) is 2. The Morgan fingerprint density at radius 1 is 0.900 bits per heavy atom. The molecule has 0 unspecified atom stereocenters. The van der Waals surface area contributed by atoms with Crippen molar-refractivity contribution in [1.29, 1.82) is 0 Å². The number of rotatable bonds is 4. The van der Waals surface area contributed by atoms with Crippen molar-refractivity contribution in [2.45, 2.75) is 46.1 Å². The molecule has 112 valence electrons. The van der Waals surface area contributed by atoms with Gasteiger partial charge in [0.05, 0.1) is 0 Å². The number of benzene rings is 1. The number of hydrogen-bond donors (Lipinski definition) is 0. The van der Waals surface area contributed by atoms with Crippen LogP contribution in [0.4, 0.5) is 0 Å². The minimum atomic E-state index is 0.611. The molecule has 0 spiro atoms. The quantitative estimate of drug-likeness (QED) is 0.826. The highest BCUT2D eigenvalue weighted by Gasteiger charge is 2.15. The van der Waals surface area contributed by atoms with Crippen LogP contribution < -0.4 is 0 Å². The van der Waals surface area contributed by atoms with E-state index in [1.165, 1.54) is 42.9 Å². The van der Waals surface area contributed by atoms with Crippen LogP contribution in [-0.4, -0.2) is 43.0 Å². The van der Waals surface area contributed by atoms with Crippen molar-refractivity contribution in [2.75, 3.05) is 33.2 Å². The molecular formula is C18H30N2. The first-order chi connectivity index (χ1) is 9.47. The standard InChI is InChI=1S/C18H30N2/c1-14(2)17-7-6-16(12-18(17)15(3)4)13-20-10-8-19(5)9-11-20/h6-7,12,14-15H,8-11,13H2,1-5H3. The van der Waals surface area contributed by atoms with E-state index in [4.69, 9.17) is 0 Å². The lowest BCUT2D eigenvalue weighted by Crippen LogP contribution is -2.43. The van der Waals surface area contributed by atoms with Gasteiger partial charge in [-0.2, -0.15) is 0 Å². The topological polar surface area (TPSA) is 6.48 Å². The second-order valence-corrected chi connectivity index (χ2v) is 6.85. The first-order valence-electron chi connectivity index (χ1n) is 8.01. The minimum Gasteiger partial charge on any atom is -0.304 e. The van der Waals surface area contributed by atoms with Crippen molar-refractivity contribution < 1.29 is 0 Å². The summed E-state index contributed by atoms with van der Waals surface area (Å²) >= 11 is 0. The van der Waals surface area contributed by atoms with E-state index in [1.54, 1.807) is 0 Å². The molecule has 0 aromatic heterocycles. The fourth-order valence-electron chi connectivity index (χ4n) is 3.01. The van der Waals surface area contributed by atoms with Crippen molar-refractivity contribution in [2.24, 2.45) is 0 Å². The van der Waals surface area contributed by atoms with Gasteiger partial charge < -0.3 is 4.90 Å². The van der Waals surface area contributed by atoms with Gasteiger partial charge in [-0.15, -0.1) is 0 Å². The van der Waals surface area contributed by atoms with Gasteiger partial charge in [0.1, 0.15) is 0 Å². The van der Waals surface area contributed by atoms with E-state index < -0.39 is 0 Å². The Hall–Kier alpha value is -0.860. The second-order valence-electron chi connectivity index (χ2n) is 6.85. The molecule has 1 aliphatic rings. The summed E-state index contributed by atoms with van der Waals surface area (Å²) in [6.07, 6.45) is 0. The Morgan fingerprint density at radius 3 is 2.05 bits per heavy atom. The molecule has 0 atom stereocenters. The largest absolute Gasteiger partial charge is 0.304 e. The molecule has 0 radical (unpaired) electrons. The third-order valence-electron chi connectivity index (χ3n) is 4.40. The van der Waals surface area contributed by atoms with E-state index >= 15 is 0 Å². The Bertz CT molecular complexity index is 429. The molecule has 1 saturated heterocycles. The van der Waals surface area contributed by atoms with E-state index in [9.17, 15) is 0 Å². The summed E-state index contributed by atoms with van der Waals surface area (Å²) in [4.78, 5) is 4.99. The Morgan fingerprint density at radius 2 is 1.50 bits per heavy atom. The molecule has 1 aromatic carbocycles. The smallest absolute Gasteiger partial charge is 0.0234 e. The van der Waals surface area contributed by atoms with E-state index in [0.717, 1.165) is 6.54 Å². The Labute approximate surface area is 124 Å². The second kappa shape index (κ2) is 6.73. The average molecular weight is 274 g/mol. The van der Waals surface area contributed by atoms with Crippen molar-refractivity contribution in [3.05, 3.63) is 34.9 Å². The van der Waals surface area contributed by atoms with Crippen molar-refractivity contribution in [3.63, 3.8) is 0 Å². The normalized spacial score (nSPS) is 18.1. The molecule has 2 rings (SSSR count). The van der Waals surface area contributed by atoms with Crippen molar-refractivity contribution >= 4 is 0 Å². The zero-order valence-corrected chi connectivity index (χ0v) is 13.8. The van der Waals surface area contributed by atoms with Gasteiger partial charge in [-0.25, -0.2) is 0 Å². The predicted octanol–water partition coefficient (Wildman–Crippen LogP) is 3.68. The lowest BCUT2D eigenvalue weighted by atomic mass is 9.89. The molecule has 2 heteroatoms. The molecule has 1 aromatic rings. The maximum atomic E-state index is 2.58. The van der Waals surface area contributed by atoms with Crippen LogP contribution >= 0.6 is 0 Å². The van der Waals surface area contributed by atoms with Gasteiger partial charge in [-0.05, 0) is 35.6 Å². The predicted molar refractivity (Wildman–Crippen MR) is 87.4 cm³/mol. The van der Waals surface area contributed by atoms with E-state index in [-0.39, 0.29) is 0 Å². The maximum Gasteiger partial charge on any atom is 0.0234 e. The van der Waals surface area contributed by atoms with Crippen molar-refractivity contribution in [3.8, 4) is 0 Å². The number of piperazine rings is 1. The molecule has 0 amide bonds. The van der Waals surface area contributed by atoms with Crippen LogP contribution in [0.3, 0.4) is 0 Å². The first kappa shape index (κ1) is 15.5. The van der Waals surface area contributed by atoms with Gasteiger partial charge in [0.15, 0.2) is 0 Å². The zero-order chi connectivity index (χ0) is 14.7. The summed E-state index contributed by atoms with van der Waals surface area (Å²) < 4.78 is 0. The highest BCUT2D eigenvalue weighted by atomic mass is 15.2. The monoisotopic (exact) mass is 274 g/mol. The van der Waals surface area contributed by atoms with Crippen LogP contribution in [0, 0.1) is 0 Å². The zero-order valence-electron chi connectivity index (χ0n) is 13.8. The molecule has 1 fully saturated rings. The molecule has 0 saturated carbocycles. The van der Waals surface area contributed by atoms with Crippen LogP contribution in [0.1, 0.15) is 56.2 Å². The van der Waals surface area contributed by atoms with Gasteiger partial charge in [0.25, 0.3) is 0 Å². The summed E-state index contributed by atoms with van der Waals surface area (Å²) in [5, 5.41) is 0. The van der Waals surface area contributed by atoms with Crippen LogP contribution in [0.5, 0.6) is 0 Å². The summed E-state index contributed by atoms with van der Waals surface area (Å²) in [5.41, 5.74) is 4.52. The van der Waals surface area contributed by atoms with E-state index in [1.807, 2.05) is 0 Å². The van der Waals surface area contributed by atoms with Crippen molar-refractivity contribution in [1.82, 2.24) is 9.80 Å². The molecule has 2 nitrogen and oxygen atoms in total. The van der Waals surface area contributed by atoms with Crippen LogP contribution in [-0.2, 0) is 6.54 Å². The maximum absolute atomic E-state index is 2.58. The van der Waals surface area contributed by atoms with E-state index in [2.05, 4.69) is 62.7 Å². The van der Waals surface area contributed by atoms with Crippen LogP contribution in [0.25, 0.3) is 0 Å². The first-order valence-corrected chi connectivity index (χ1v) is 8.01. The summed E-state index contributed by atoms with van der Waals surface area (Å²) in [7, 11) is 2.21. The minimum absolute atomic E-state index is 0.611. The molecule has 0 aliphatic carbocycles. The summed E-state index contributed by atoms with van der Waals surface area (Å²) in [5.74, 6) is 1.23. The fraction of sp³-hybridized carbons (Fsp3) is 0.667. The molecule has 1 heterocycles. The molecule has 0 bridgehead atoms. The Balaban J connectivity index is 2.11. The lowest BCUT2D eigenvalue weighted by molar-refractivity contribution is 0.148. The van der Waals surface area contributed by atoms with Gasteiger partial charge >= 0.3 is 0 Å². The highest BCUT2D eigenvalue weighted by Crippen LogP contribution is 2.27. The van der Waals surface area contributed by atoms with Gasteiger partial charge in [0, 0.05) is 32.7 Å². The molecule has 1 aliphatic heterocycles. The summed E-state index contributed by atoms with van der Waals surface area (Å²) in [6.45, 7) is 15.1. The molecular weight excluding hydrogens is 244 g/mol. The van der Waals surface area contributed by atoms with Gasteiger partial charge in [0.2, 0.25) is 0 Å². The van der Waals surface area contributed by atoms with Crippen LogP contribution in [0.15, 0.2) is 18.2 Å². The number of likely N-dealkylation sites (N-methyl/N-ethyl adjacent to an activating group) is 1. The third kappa shape index (κ3) is 3.83. The number of nitrogens with zero attached hydrogens (tertiary/aromatic N) is 2. The van der Waals surface area contributed by atoms with Gasteiger partial charge in [-0.3, -0.25) is 4.90 Å². The molecule has 20 heavy (non-hydrogen) atoms. The highest BCUT2D eigenvalue weighted by molar-refractivity contribution is 5.36. The lowest BCUT2D eigenvalue weighted by Gasteiger charge is -2.32. The molecule has 0 N–H and O–H groups in total. The third-order valence-corrected chi connectivity index (χ3v) is 4.40. The SMILES string of the molecule is CC(C)c1ccc(CN2CCN(C)CC2)cc1C(C)C. The van der Waals surface area contributed by atoms with Crippen LogP contribution in [0.2, 0.25) is 0 Å². The van der Waals surface area contributed by atoms with E-state index in [0.29, 0.717) is 11.8 Å².